The summed E-state index contributed by atoms with van der Waals surface area (Å²) in [6.07, 6.45) is 6.99. The minimum Gasteiger partial charge on any atom is -0.398 e. The molecule has 0 spiro atoms. The van der Waals surface area contributed by atoms with Crippen molar-refractivity contribution in [3.8, 4) is 12.3 Å². The summed E-state index contributed by atoms with van der Waals surface area (Å²) in [5.74, 6) is 2.52. The smallest absolute Gasteiger partial charge is 0.398 e. The molecule has 0 amide bonds. The van der Waals surface area contributed by atoms with Gasteiger partial charge in [0.15, 0.2) is 0 Å². The lowest BCUT2D eigenvalue weighted by molar-refractivity contribution is 0.00578. The second-order valence-electron chi connectivity index (χ2n) is 5.29. The predicted octanol–water partition coefficient (Wildman–Crippen LogP) is 2.02. The summed E-state index contributed by atoms with van der Waals surface area (Å²) < 4.78 is 11.8. The van der Waals surface area contributed by atoms with Gasteiger partial charge in [-0.25, -0.2) is 0 Å². The van der Waals surface area contributed by atoms with Crippen LogP contribution in [-0.4, -0.2) is 23.3 Å². The van der Waals surface area contributed by atoms with E-state index >= 15 is 0 Å². The van der Waals surface area contributed by atoms with Gasteiger partial charge >= 0.3 is 7.12 Å². The number of halogens is 1. The van der Waals surface area contributed by atoms with Crippen LogP contribution in [0.1, 0.15) is 33.3 Å². The van der Waals surface area contributed by atoms with Crippen LogP contribution in [-0.2, 0) is 9.31 Å². The quantitative estimate of drug-likeness (QED) is 0.574. The van der Waals surface area contributed by atoms with Gasteiger partial charge in [-0.15, -0.1) is 6.42 Å². The maximum Gasteiger partial charge on any atom is 0.516 e. The fourth-order valence-corrected chi connectivity index (χ4v) is 1.95. The van der Waals surface area contributed by atoms with Crippen LogP contribution in [0.15, 0.2) is 12.3 Å². The molecule has 2 rings (SSSR count). The Hall–Kier alpha value is -1.02. The van der Waals surface area contributed by atoms with Gasteiger partial charge in [0.25, 0.3) is 0 Å². The van der Waals surface area contributed by atoms with Gasteiger partial charge in [0, 0.05) is 11.8 Å². The molecule has 0 saturated carbocycles. The summed E-state index contributed by atoms with van der Waals surface area (Å²) in [5.41, 5.74) is 0.283. The van der Waals surface area contributed by atoms with Gasteiger partial charge in [-0.05, 0) is 33.8 Å². The Bertz CT molecular complexity index is 506. The first-order valence-corrected chi connectivity index (χ1v) is 6.13. The Morgan fingerprint density at radius 3 is 2.33 bits per heavy atom. The van der Waals surface area contributed by atoms with Crippen LogP contribution in [0.5, 0.6) is 0 Å². The number of hydrogen-bond donors (Lipinski definition) is 0. The summed E-state index contributed by atoms with van der Waals surface area (Å²) in [4.78, 5) is 4.22. The minimum atomic E-state index is -0.587. The first kappa shape index (κ1) is 13.4. The average Bonchev–Trinajstić information content (AvgIpc) is 2.48. The number of aromatic nitrogens is 1. The molecule has 2 heterocycles. The van der Waals surface area contributed by atoms with E-state index in [0.717, 1.165) is 0 Å². The third kappa shape index (κ3) is 2.03. The zero-order chi connectivity index (χ0) is 13.6. The molecular formula is C13H15BClNO2. The summed E-state index contributed by atoms with van der Waals surface area (Å²) in [5, 5.41) is 0.415. The van der Waals surface area contributed by atoms with Crippen molar-refractivity contribution in [2.24, 2.45) is 0 Å². The van der Waals surface area contributed by atoms with E-state index in [1.807, 2.05) is 27.7 Å². The molecule has 0 aromatic carbocycles. The van der Waals surface area contributed by atoms with Crippen molar-refractivity contribution in [1.82, 2.24) is 4.98 Å². The fraction of sp³-hybridized carbons (Fsp3) is 0.462. The van der Waals surface area contributed by atoms with Gasteiger partial charge in [-0.3, -0.25) is 4.98 Å². The first-order chi connectivity index (χ1) is 8.28. The van der Waals surface area contributed by atoms with Gasteiger partial charge < -0.3 is 9.31 Å². The summed E-state index contributed by atoms with van der Waals surface area (Å²) in [6.45, 7) is 7.91. The molecule has 1 aromatic heterocycles. The van der Waals surface area contributed by atoms with E-state index in [1.165, 1.54) is 0 Å². The van der Waals surface area contributed by atoms with Gasteiger partial charge in [0.2, 0.25) is 0 Å². The number of hydrogen-bond acceptors (Lipinski definition) is 3. The van der Waals surface area contributed by atoms with E-state index in [2.05, 4.69) is 10.9 Å². The zero-order valence-corrected chi connectivity index (χ0v) is 11.7. The number of terminal acetylenes is 1. The van der Waals surface area contributed by atoms with Crippen molar-refractivity contribution < 1.29 is 9.31 Å². The average molecular weight is 264 g/mol. The lowest BCUT2D eigenvalue weighted by Crippen LogP contribution is -2.41. The molecule has 0 aliphatic carbocycles. The molecule has 1 aliphatic heterocycles. The molecule has 1 aliphatic rings. The molecule has 5 heteroatoms. The second kappa shape index (κ2) is 4.27. The van der Waals surface area contributed by atoms with Crippen LogP contribution in [0.2, 0.25) is 5.02 Å². The molecule has 0 unspecified atom stereocenters. The molecule has 0 bridgehead atoms. The normalized spacial score (nSPS) is 20.8. The Kier molecular flexibility index (Phi) is 3.18. The molecule has 3 nitrogen and oxygen atoms in total. The standard InChI is InChI=1S/C13H15BClNO2/c1-6-9-7-8-16-11(10(9)15)14-17-12(2,3)13(4,5)18-14/h1,7-8H,2-5H3. The Labute approximate surface area is 113 Å². The van der Waals surface area contributed by atoms with Crippen LogP contribution in [0.25, 0.3) is 0 Å². The van der Waals surface area contributed by atoms with Crippen LogP contribution in [0, 0.1) is 12.3 Å². The third-order valence-corrected chi connectivity index (χ3v) is 3.95. The molecule has 0 atom stereocenters. The summed E-state index contributed by atoms with van der Waals surface area (Å²) >= 11 is 6.21. The topological polar surface area (TPSA) is 31.4 Å². The molecule has 18 heavy (non-hydrogen) atoms. The maximum absolute atomic E-state index is 6.21. The second-order valence-corrected chi connectivity index (χ2v) is 5.67. The Morgan fingerprint density at radius 2 is 1.83 bits per heavy atom. The SMILES string of the molecule is C#Cc1ccnc(B2OC(C)(C)C(C)(C)O2)c1Cl. The van der Waals surface area contributed by atoms with Crippen molar-refractivity contribution in [1.29, 1.82) is 0 Å². The van der Waals surface area contributed by atoms with Crippen LogP contribution >= 0.6 is 11.6 Å². The van der Waals surface area contributed by atoms with E-state index < -0.39 is 18.3 Å². The fourth-order valence-electron chi connectivity index (χ4n) is 1.69. The summed E-state index contributed by atoms with van der Waals surface area (Å²) in [7, 11) is -0.587. The van der Waals surface area contributed by atoms with E-state index in [1.54, 1.807) is 12.3 Å². The lowest BCUT2D eigenvalue weighted by Gasteiger charge is -2.32. The van der Waals surface area contributed by atoms with Crippen molar-refractivity contribution in [2.75, 3.05) is 0 Å². The van der Waals surface area contributed by atoms with Crippen molar-refractivity contribution in [2.45, 2.75) is 38.9 Å². The summed E-state index contributed by atoms with van der Waals surface area (Å²) in [6, 6.07) is 1.69. The highest BCUT2D eigenvalue weighted by Gasteiger charge is 2.53. The maximum atomic E-state index is 6.21. The number of nitrogens with zero attached hydrogens (tertiary/aromatic N) is 1. The highest BCUT2D eigenvalue weighted by molar-refractivity contribution is 6.64. The van der Waals surface area contributed by atoms with Gasteiger partial charge in [-0.1, -0.05) is 17.5 Å². The molecule has 94 valence electrons. The van der Waals surface area contributed by atoms with E-state index in [-0.39, 0.29) is 0 Å². The third-order valence-electron chi connectivity index (χ3n) is 3.55. The molecular weight excluding hydrogens is 248 g/mol. The van der Waals surface area contributed by atoms with Crippen molar-refractivity contribution in [3.63, 3.8) is 0 Å². The van der Waals surface area contributed by atoms with Crippen LogP contribution in [0.3, 0.4) is 0 Å². The number of pyridine rings is 1. The van der Waals surface area contributed by atoms with E-state index in [9.17, 15) is 0 Å². The Morgan fingerprint density at radius 1 is 1.28 bits per heavy atom. The molecule has 1 saturated heterocycles. The van der Waals surface area contributed by atoms with E-state index in [4.69, 9.17) is 27.3 Å². The minimum absolute atomic E-state index is 0.415. The number of rotatable bonds is 1. The van der Waals surface area contributed by atoms with Gasteiger partial charge in [-0.2, -0.15) is 0 Å². The Balaban J connectivity index is 2.39. The van der Waals surface area contributed by atoms with E-state index in [0.29, 0.717) is 16.2 Å². The highest BCUT2D eigenvalue weighted by atomic mass is 35.5. The molecule has 0 N–H and O–H groups in total. The first-order valence-electron chi connectivity index (χ1n) is 5.75. The highest BCUT2D eigenvalue weighted by Crippen LogP contribution is 2.36. The molecule has 1 fully saturated rings. The van der Waals surface area contributed by atoms with Crippen molar-refractivity contribution >= 4 is 24.3 Å². The van der Waals surface area contributed by atoms with Crippen LogP contribution in [0.4, 0.5) is 0 Å². The lowest BCUT2D eigenvalue weighted by atomic mass is 9.83. The monoisotopic (exact) mass is 263 g/mol. The predicted molar refractivity (Wildman–Crippen MR) is 72.9 cm³/mol. The zero-order valence-electron chi connectivity index (χ0n) is 11.0. The largest absolute Gasteiger partial charge is 0.516 e. The van der Waals surface area contributed by atoms with Crippen LogP contribution < -0.4 is 5.59 Å². The van der Waals surface area contributed by atoms with Gasteiger partial charge in [0.05, 0.1) is 21.8 Å². The van der Waals surface area contributed by atoms with Crippen molar-refractivity contribution in [3.05, 3.63) is 22.8 Å². The van der Waals surface area contributed by atoms with Gasteiger partial charge in [0.1, 0.15) is 0 Å². The molecule has 0 radical (unpaired) electrons. The molecule has 1 aromatic rings.